The zero-order valence-electron chi connectivity index (χ0n) is 12.0. The van der Waals surface area contributed by atoms with Crippen LogP contribution in [0, 0.1) is 11.8 Å². The first-order valence-corrected chi connectivity index (χ1v) is 7.70. The van der Waals surface area contributed by atoms with Gasteiger partial charge >= 0.3 is 0 Å². The van der Waals surface area contributed by atoms with E-state index < -0.39 is 0 Å². The molecule has 0 aromatic rings. The Hall–Kier alpha value is -0.570. The van der Waals surface area contributed by atoms with E-state index in [1.165, 1.54) is 38.5 Å². The smallest absolute Gasteiger partial charge is 0.239 e. The standard InChI is InChI=1S/C15H28N2O/c1-12(14-7-8-14)11-16-13(2)15(18)17-9-5-3-4-6-10-17/h12-14,16H,3-11H2,1-2H3. The molecule has 0 spiro atoms. The summed E-state index contributed by atoms with van der Waals surface area (Å²) in [6.45, 7) is 7.23. The van der Waals surface area contributed by atoms with Gasteiger partial charge in [-0.15, -0.1) is 0 Å². The molecule has 2 unspecified atom stereocenters. The van der Waals surface area contributed by atoms with E-state index in [0.29, 0.717) is 5.91 Å². The van der Waals surface area contributed by atoms with Crippen LogP contribution in [0.25, 0.3) is 0 Å². The number of carbonyl (C=O) groups is 1. The van der Waals surface area contributed by atoms with Gasteiger partial charge in [-0.2, -0.15) is 0 Å². The van der Waals surface area contributed by atoms with Crippen molar-refractivity contribution in [2.45, 2.75) is 58.4 Å². The predicted molar refractivity (Wildman–Crippen MR) is 74.4 cm³/mol. The van der Waals surface area contributed by atoms with Crippen LogP contribution in [0.15, 0.2) is 0 Å². The molecule has 0 aromatic carbocycles. The van der Waals surface area contributed by atoms with Crippen LogP contribution in [0.2, 0.25) is 0 Å². The van der Waals surface area contributed by atoms with Crippen molar-refractivity contribution in [3.05, 3.63) is 0 Å². The zero-order chi connectivity index (χ0) is 13.0. The number of amides is 1. The van der Waals surface area contributed by atoms with Crippen LogP contribution in [0.1, 0.15) is 52.4 Å². The quantitative estimate of drug-likeness (QED) is 0.815. The third-order valence-electron chi connectivity index (χ3n) is 4.46. The maximum Gasteiger partial charge on any atom is 0.239 e. The molecule has 1 saturated heterocycles. The van der Waals surface area contributed by atoms with E-state index in [1.807, 2.05) is 6.92 Å². The minimum Gasteiger partial charge on any atom is -0.341 e. The highest BCUT2D eigenvalue weighted by Gasteiger charge is 2.28. The van der Waals surface area contributed by atoms with Crippen LogP contribution >= 0.6 is 0 Å². The minimum absolute atomic E-state index is 0.00991. The second-order valence-electron chi connectivity index (χ2n) is 6.18. The largest absolute Gasteiger partial charge is 0.341 e. The fraction of sp³-hybridized carbons (Fsp3) is 0.933. The number of hydrogen-bond donors (Lipinski definition) is 1. The Balaban J connectivity index is 1.72. The number of carbonyl (C=O) groups excluding carboxylic acids is 1. The lowest BCUT2D eigenvalue weighted by molar-refractivity contribution is -0.133. The van der Waals surface area contributed by atoms with Gasteiger partial charge < -0.3 is 10.2 Å². The summed E-state index contributed by atoms with van der Waals surface area (Å²) in [6.07, 6.45) is 7.69. The van der Waals surface area contributed by atoms with Gasteiger partial charge in [0.2, 0.25) is 5.91 Å². The summed E-state index contributed by atoms with van der Waals surface area (Å²) < 4.78 is 0. The van der Waals surface area contributed by atoms with Crippen molar-refractivity contribution in [3.8, 4) is 0 Å². The Morgan fingerprint density at radius 1 is 1.17 bits per heavy atom. The second kappa shape index (κ2) is 6.55. The number of nitrogens with one attached hydrogen (secondary N) is 1. The van der Waals surface area contributed by atoms with E-state index in [2.05, 4.69) is 17.1 Å². The van der Waals surface area contributed by atoms with Gasteiger partial charge in [-0.1, -0.05) is 19.8 Å². The predicted octanol–water partition coefficient (Wildman–Crippen LogP) is 2.41. The van der Waals surface area contributed by atoms with Crippen LogP contribution in [-0.4, -0.2) is 36.5 Å². The Bertz CT molecular complexity index is 268. The molecule has 2 aliphatic rings. The summed E-state index contributed by atoms with van der Waals surface area (Å²) >= 11 is 0. The van der Waals surface area contributed by atoms with E-state index in [1.54, 1.807) is 0 Å². The average Bonchev–Trinajstić information content (AvgIpc) is 3.19. The van der Waals surface area contributed by atoms with E-state index in [9.17, 15) is 4.79 Å². The number of nitrogens with zero attached hydrogens (tertiary/aromatic N) is 1. The van der Waals surface area contributed by atoms with Crippen LogP contribution < -0.4 is 5.32 Å². The molecule has 1 saturated carbocycles. The summed E-state index contributed by atoms with van der Waals surface area (Å²) in [5.41, 5.74) is 0. The van der Waals surface area contributed by atoms with Gasteiger partial charge in [0.1, 0.15) is 0 Å². The molecular formula is C15H28N2O. The van der Waals surface area contributed by atoms with Gasteiger partial charge in [0.05, 0.1) is 6.04 Å². The maximum absolute atomic E-state index is 12.3. The van der Waals surface area contributed by atoms with Crippen molar-refractivity contribution >= 4 is 5.91 Å². The summed E-state index contributed by atoms with van der Waals surface area (Å²) in [5, 5.41) is 3.43. The topological polar surface area (TPSA) is 32.3 Å². The highest BCUT2D eigenvalue weighted by molar-refractivity contribution is 5.81. The second-order valence-corrected chi connectivity index (χ2v) is 6.18. The molecule has 3 nitrogen and oxygen atoms in total. The van der Waals surface area contributed by atoms with Gasteiger partial charge in [-0.05, 0) is 51.0 Å². The van der Waals surface area contributed by atoms with Gasteiger partial charge in [-0.25, -0.2) is 0 Å². The Kier molecular flexibility index (Phi) is 5.04. The number of hydrogen-bond acceptors (Lipinski definition) is 2. The molecule has 1 heterocycles. The molecule has 1 aliphatic carbocycles. The van der Waals surface area contributed by atoms with E-state index in [-0.39, 0.29) is 6.04 Å². The molecule has 2 atom stereocenters. The Morgan fingerprint density at radius 3 is 2.33 bits per heavy atom. The van der Waals surface area contributed by atoms with Gasteiger partial charge in [0.25, 0.3) is 0 Å². The van der Waals surface area contributed by atoms with Crippen molar-refractivity contribution in [3.63, 3.8) is 0 Å². The zero-order valence-corrected chi connectivity index (χ0v) is 12.0. The lowest BCUT2D eigenvalue weighted by atomic mass is 10.1. The van der Waals surface area contributed by atoms with Crippen LogP contribution in [0.3, 0.4) is 0 Å². The molecular weight excluding hydrogens is 224 g/mol. The van der Waals surface area contributed by atoms with Crippen LogP contribution in [-0.2, 0) is 4.79 Å². The van der Waals surface area contributed by atoms with Crippen molar-refractivity contribution < 1.29 is 4.79 Å². The first-order valence-electron chi connectivity index (χ1n) is 7.70. The van der Waals surface area contributed by atoms with Crippen LogP contribution in [0.4, 0.5) is 0 Å². The summed E-state index contributed by atoms with van der Waals surface area (Å²) in [5.74, 6) is 1.95. The fourth-order valence-corrected chi connectivity index (χ4v) is 2.85. The Morgan fingerprint density at radius 2 is 1.78 bits per heavy atom. The highest BCUT2D eigenvalue weighted by Crippen LogP contribution is 2.36. The number of likely N-dealkylation sites (tertiary alicyclic amines) is 1. The lowest BCUT2D eigenvalue weighted by Gasteiger charge is -2.25. The maximum atomic E-state index is 12.3. The molecule has 2 rings (SSSR count). The van der Waals surface area contributed by atoms with Crippen LogP contribution in [0.5, 0.6) is 0 Å². The summed E-state index contributed by atoms with van der Waals surface area (Å²) in [4.78, 5) is 14.4. The van der Waals surface area contributed by atoms with Gasteiger partial charge in [0.15, 0.2) is 0 Å². The molecule has 1 N–H and O–H groups in total. The molecule has 0 aromatic heterocycles. The molecule has 18 heavy (non-hydrogen) atoms. The molecule has 1 aliphatic heterocycles. The van der Waals surface area contributed by atoms with E-state index in [0.717, 1.165) is 31.5 Å². The normalized spacial score (nSPS) is 24.4. The third kappa shape index (κ3) is 3.98. The Labute approximate surface area is 111 Å². The van der Waals surface area contributed by atoms with E-state index >= 15 is 0 Å². The first-order chi connectivity index (χ1) is 8.68. The fourth-order valence-electron chi connectivity index (χ4n) is 2.85. The average molecular weight is 252 g/mol. The van der Waals surface area contributed by atoms with Crippen molar-refractivity contribution in [1.82, 2.24) is 10.2 Å². The lowest BCUT2D eigenvalue weighted by Crippen LogP contribution is -2.46. The molecule has 3 heteroatoms. The summed E-state index contributed by atoms with van der Waals surface area (Å²) in [6, 6.07) is -0.00991. The molecule has 0 radical (unpaired) electrons. The SMILES string of the molecule is CC(NCC(C)C1CC1)C(=O)N1CCCCCC1. The minimum atomic E-state index is -0.00991. The van der Waals surface area contributed by atoms with Gasteiger partial charge in [-0.3, -0.25) is 4.79 Å². The van der Waals surface area contributed by atoms with Crippen molar-refractivity contribution in [2.75, 3.05) is 19.6 Å². The van der Waals surface area contributed by atoms with Crippen molar-refractivity contribution in [2.24, 2.45) is 11.8 Å². The first kappa shape index (κ1) is 13.9. The summed E-state index contributed by atoms with van der Waals surface area (Å²) in [7, 11) is 0. The van der Waals surface area contributed by atoms with Crippen molar-refractivity contribution in [1.29, 1.82) is 0 Å². The molecule has 2 fully saturated rings. The van der Waals surface area contributed by atoms with E-state index in [4.69, 9.17) is 0 Å². The molecule has 1 amide bonds. The van der Waals surface area contributed by atoms with Gasteiger partial charge in [0, 0.05) is 13.1 Å². The number of rotatable bonds is 5. The highest BCUT2D eigenvalue weighted by atomic mass is 16.2. The third-order valence-corrected chi connectivity index (χ3v) is 4.46. The monoisotopic (exact) mass is 252 g/mol. The molecule has 104 valence electrons. The molecule has 0 bridgehead atoms.